The highest BCUT2D eigenvalue weighted by Gasteiger charge is 2.52. The standard InChI is InChI=1S/C29H29Cl2NO4/c1-28(2,34)22-7-12-26-25(15-22)27(33)32(16-19-3-8-23(30)9-4-19)29(26,21-5-10-24(31)11-6-21)36-18-20-13-14-35-17-20/h3-12,15,20,34H,13-14,16-18H2,1-2H3/t20-,29+/m0/s1. The van der Waals surface area contributed by atoms with Crippen molar-refractivity contribution in [2.75, 3.05) is 19.8 Å². The van der Waals surface area contributed by atoms with Gasteiger partial charge in [-0.3, -0.25) is 9.69 Å². The zero-order valence-electron chi connectivity index (χ0n) is 20.3. The van der Waals surface area contributed by atoms with Crippen LogP contribution in [0, 0.1) is 5.92 Å². The van der Waals surface area contributed by atoms with E-state index >= 15 is 0 Å². The van der Waals surface area contributed by atoms with E-state index in [0.29, 0.717) is 47.5 Å². The molecule has 1 amide bonds. The van der Waals surface area contributed by atoms with Gasteiger partial charge in [-0.15, -0.1) is 0 Å². The van der Waals surface area contributed by atoms with E-state index in [9.17, 15) is 9.90 Å². The Morgan fingerprint density at radius 3 is 2.33 bits per heavy atom. The molecular weight excluding hydrogens is 497 g/mol. The van der Waals surface area contributed by atoms with Gasteiger partial charge in [0.15, 0.2) is 5.72 Å². The Hall–Kier alpha value is -2.41. The molecule has 0 aliphatic carbocycles. The number of rotatable bonds is 7. The van der Waals surface area contributed by atoms with Crippen LogP contribution in [0.3, 0.4) is 0 Å². The first-order chi connectivity index (χ1) is 17.2. The third-order valence-corrected chi connectivity index (χ3v) is 7.49. The minimum absolute atomic E-state index is 0.163. The van der Waals surface area contributed by atoms with Gasteiger partial charge in [0.1, 0.15) is 0 Å². The number of hydrogen-bond acceptors (Lipinski definition) is 4. The average Bonchev–Trinajstić information content (AvgIpc) is 3.45. The highest BCUT2D eigenvalue weighted by Crippen LogP contribution is 2.47. The van der Waals surface area contributed by atoms with Gasteiger partial charge < -0.3 is 14.6 Å². The lowest BCUT2D eigenvalue weighted by molar-refractivity contribution is -0.121. The minimum Gasteiger partial charge on any atom is -0.386 e. The van der Waals surface area contributed by atoms with E-state index in [1.54, 1.807) is 24.8 Å². The van der Waals surface area contributed by atoms with Gasteiger partial charge in [0.25, 0.3) is 5.91 Å². The van der Waals surface area contributed by atoms with Crippen LogP contribution in [-0.4, -0.2) is 35.7 Å². The molecule has 0 unspecified atom stereocenters. The van der Waals surface area contributed by atoms with Crippen molar-refractivity contribution in [3.63, 3.8) is 0 Å². The van der Waals surface area contributed by atoms with Crippen molar-refractivity contribution >= 4 is 29.1 Å². The molecule has 3 aromatic carbocycles. The van der Waals surface area contributed by atoms with Crippen molar-refractivity contribution < 1.29 is 19.4 Å². The summed E-state index contributed by atoms with van der Waals surface area (Å²) in [5.41, 5.74) is 1.40. The van der Waals surface area contributed by atoms with Crippen molar-refractivity contribution in [1.29, 1.82) is 0 Å². The zero-order chi connectivity index (χ0) is 25.5. The Labute approximate surface area is 221 Å². The fraction of sp³-hybridized carbons (Fsp3) is 0.345. The van der Waals surface area contributed by atoms with Crippen LogP contribution >= 0.6 is 23.2 Å². The van der Waals surface area contributed by atoms with Crippen molar-refractivity contribution in [2.24, 2.45) is 5.92 Å². The van der Waals surface area contributed by atoms with Gasteiger partial charge in [0.05, 0.1) is 18.8 Å². The van der Waals surface area contributed by atoms with Gasteiger partial charge in [0, 0.05) is 45.8 Å². The fourth-order valence-electron chi connectivity index (χ4n) is 4.97. The molecule has 0 bridgehead atoms. The third-order valence-electron chi connectivity index (χ3n) is 6.99. The number of halogens is 2. The number of benzene rings is 3. The highest BCUT2D eigenvalue weighted by molar-refractivity contribution is 6.30. The topological polar surface area (TPSA) is 59.0 Å². The van der Waals surface area contributed by atoms with Gasteiger partial charge >= 0.3 is 0 Å². The Morgan fingerprint density at radius 2 is 1.72 bits per heavy atom. The Morgan fingerprint density at radius 1 is 1.06 bits per heavy atom. The number of carbonyl (C=O) groups is 1. The molecular formula is C29H29Cl2NO4. The summed E-state index contributed by atoms with van der Waals surface area (Å²) in [5.74, 6) is 0.0741. The molecule has 0 aromatic heterocycles. The number of hydrogen-bond donors (Lipinski definition) is 1. The zero-order valence-corrected chi connectivity index (χ0v) is 21.9. The SMILES string of the molecule is CC(C)(O)c1ccc2c(c1)C(=O)N(Cc1ccc(Cl)cc1)[C@@]2(OC[C@H]1CCOC1)c1ccc(Cl)cc1. The van der Waals surface area contributed by atoms with E-state index in [2.05, 4.69) is 0 Å². The normalized spacial score (nSPS) is 21.8. The number of nitrogens with zero attached hydrogens (tertiary/aromatic N) is 1. The molecule has 36 heavy (non-hydrogen) atoms. The molecule has 3 aromatic rings. The maximum absolute atomic E-state index is 14.1. The van der Waals surface area contributed by atoms with Gasteiger partial charge in [-0.05, 0) is 61.7 Å². The van der Waals surface area contributed by atoms with Crippen molar-refractivity contribution in [3.8, 4) is 0 Å². The lowest BCUT2D eigenvalue weighted by atomic mass is 9.89. The molecule has 2 aliphatic heterocycles. The van der Waals surface area contributed by atoms with Gasteiger partial charge in [-0.2, -0.15) is 0 Å². The van der Waals surface area contributed by atoms with Crippen LogP contribution < -0.4 is 0 Å². The fourth-order valence-corrected chi connectivity index (χ4v) is 5.22. The molecule has 0 spiro atoms. The molecule has 188 valence electrons. The van der Waals surface area contributed by atoms with E-state index in [1.165, 1.54) is 0 Å². The molecule has 5 rings (SSSR count). The number of aliphatic hydroxyl groups is 1. The van der Waals surface area contributed by atoms with E-state index in [-0.39, 0.29) is 11.8 Å². The number of fused-ring (bicyclic) bond motifs is 1. The maximum atomic E-state index is 14.1. The molecule has 0 radical (unpaired) electrons. The molecule has 2 atom stereocenters. The molecule has 1 saturated heterocycles. The minimum atomic E-state index is -1.17. The second-order valence-corrected chi connectivity index (χ2v) is 10.9. The molecule has 2 heterocycles. The number of carbonyl (C=O) groups excluding carboxylic acids is 1. The summed E-state index contributed by atoms with van der Waals surface area (Å²) < 4.78 is 12.4. The summed E-state index contributed by atoms with van der Waals surface area (Å²) in [6.45, 7) is 5.50. The summed E-state index contributed by atoms with van der Waals surface area (Å²) in [6, 6.07) is 20.5. The van der Waals surface area contributed by atoms with E-state index in [0.717, 1.165) is 23.1 Å². The highest BCUT2D eigenvalue weighted by atomic mass is 35.5. The summed E-state index contributed by atoms with van der Waals surface area (Å²) in [4.78, 5) is 15.9. The molecule has 1 N–H and O–H groups in total. The average molecular weight is 526 g/mol. The molecule has 1 fully saturated rings. The van der Waals surface area contributed by atoms with Crippen LogP contribution in [0.25, 0.3) is 0 Å². The molecule has 7 heteroatoms. The Balaban J connectivity index is 1.68. The van der Waals surface area contributed by atoms with Gasteiger partial charge in [0.2, 0.25) is 0 Å². The largest absolute Gasteiger partial charge is 0.386 e. The van der Waals surface area contributed by atoms with Crippen LogP contribution in [0.4, 0.5) is 0 Å². The predicted octanol–water partition coefficient (Wildman–Crippen LogP) is 6.13. The molecule has 2 aliphatic rings. The first-order valence-electron chi connectivity index (χ1n) is 12.1. The van der Waals surface area contributed by atoms with Crippen LogP contribution in [-0.2, 0) is 27.3 Å². The van der Waals surface area contributed by atoms with Gasteiger partial charge in [-0.25, -0.2) is 0 Å². The lowest BCUT2D eigenvalue weighted by Gasteiger charge is -2.40. The lowest BCUT2D eigenvalue weighted by Crippen LogP contribution is -2.47. The maximum Gasteiger partial charge on any atom is 0.257 e. The Kier molecular flexibility index (Phi) is 6.88. The smallest absolute Gasteiger partial charge is 0.257 e. The van der Waals surface area contributed by atoms with E-state index in [1.807, 2.05) is 60.7 Å². The first-order valence-corrected chi connectivity index (χ1v) is 12.9. The van der Waals surface area contributed by atoms with Gasteiger partial charge in [-0.1, -0.05) is 59.6 Å². The van der Waals surface area contributed by atoms with Crippen molar-refractivity contribution in [2.45, 2.75) is 38.1 Å². The first kappa shape index (κ1) is 25.2. The third kappa shape index (κ3) is 4.67. The quantitative estimate of drug-likeness (QED) is 0.403. The Bertz CT molecular complexity index is 1250. The summed E-state index contributed by atoms with van der Waals surface area (Å²) in [7, 11) is 0. The van der Waals surface area contributed by atoms with E-state index < -0.39 is 11.3 Å². The number of ether oxygens (including phenoxy) is 2. The monoisotopic (exact) mass is 525 g/mol. The second-order valence-electron chi connectivity index (χ2n) is 10.0. The van der Waals surface area contributed by atoms with Crippen LogP contribution in [0.15, 0.2) is 66.7 Å². The van der Waals surface area contributed by atoms with E-state index in [4.69, 9.17) is 32.7 Å². The van der Waals surface area contributed by atoms with Crippen molar-refractivity contribution in [1.82, 2.24) is 4.90 Å². The van der Waals surface area contributed by atoms with Crippen molar-refractivity contribution in [3.05, 3.63) is 105 Å². The summed E-state index contributed by atoms with van der Waals surface area (Å²) >= 11 is 12.4. The summed E-state index contributed by atoms with van der Waals surface area (Å²) in [5, 5.41) is 11.9. The van der Waals surface area contributed by atoms with Crippen LogP contribution in [0.1, 0.15) is 52.9 Å². The summed E-state index contributed by atoms with van der Waals surface area (Å²) in [6.07, 6.45) is 0.909. The molecule has 5 nitrogen and oxygen atoms in total. The predicted molar refractivity (Wildman–Crippen MR) is 140 cm³/mol. The second kappa shape index (κ2) is 9.81. The van der Waals surface area contributed by atoms with Crippen LogP contribution in [0.5, 0.6) is 0 Å². The van der Waals surface area contributed by atoms with Crippen LogP contribution in [0.2, 0.25) is 10.0 Å². The molecule has 0 saturated carbocycles. The number of amides is 1.